The van der Waals surface area contributed by atoms with Gasteiger partial charge in [0.05, 0.1) is 12.5 Å². The van der Waals surface area contributed by atoms with Crippen molar-refractivity contribution in [2.75, 3.05) is 32.7 Å². The second-order valence-corrected chi connectivity index (χ2v) is 11.4. The van der Waals surface area contributed by atoms with E-state index in [0.29, 0.717) is 39.0 Å². The Bertz CT molecular complexity index is 1180. The molecule has 0 aliphatic carbocycles. The van der Waals surface area contributed by atoms with Gasteiger partial charge in [0.15, 0.2) is 0 Å². The molecule has 2 amide bonds. The van der Waals surface area contributed by atoms with E-state index in [-0.39, 0.29) is 29.7 Å². The standard InChI is InChI=1S/C27H30FN3O2S2/c1-19-18-30(12-13-31(19)26(33)17-22-6-3-14-34-22)25(32)8-11-29-10-7-24-23(9-15-35-24)27(29)20-4-2-5-21(28)16-20/h2-6,9,14-16,19,27H,7-8,10-13,17-18H2,1H3/t19-,27+/m0/s1. The number of carbonyl (C=O) groups is 2. The third kappa shape index (κ3) is 5.34. The zero-order chi connectivity index (χ0) is 24.4. The van der Waals surface area contributed by atoms with Crippen molar-refractivity contribution in [1.82, 2.24) is 14.7 Å². The van der Waals surface area contributed by atoms with Gasteiger partial charge in [-0.3, -0.25) is 14.5 Å². The van der Waals surface area contributed by atoms with Crippen molar-refractivity contribution < 1.29 is 14.0 Å². The summed E-state index contributed by atoms with van der Waals surface area (Å²) in [5.41, 5.74) is 2.16. The highest BCUT2D eigenvalue weighted by Crippen LogP contribution is 2.38. The van der Waals surface area contributed by atoms with Gasteiger partial charge < -0.3 is 9.80 Å². The smallest absolute Gasteiger partial charge is 0.228 e. The van der Waals surface area contributed by atoms with Crippen LogP contribution in [0.15, 0.2) is 53.2 Å². The fraction of sp³-hybridized carbons (Fsp3) is 0.407. The molecule has 5 rings (SSSR count). The first-order valence-electron chi connectivity index (χ1n) is 12.1. The third-order valence-electron chi connectivity index (χ3n) is 7.05. The number of hydrogen-bond donors (Lipinski definition) is 0. The lowest BCUT2D eigenvalue weighted by atomic mass is 9.93. The largest absolute Gasteiger partial charge is 0.339 e. The van der Waals surface area contributed by atoms with E-state index in [9.17, 15) is 14.0 Å². The summed E-state index contributed by atoms with van der Waals surface area (Å²) in [5, 5.41) is 4.09. The van der Waals surface area contributed by atoms with Gasteiger partial charge in [-0.25, -0.2) is 4.39 Å². The predicted molar refractivity (Wildman–Crippen MR) is 138 cm³/mol. The fourth-order valence-corrected chi connectivity index (χ4v) is 6.89. The molecule has 0 bridgehead atoms. The van der Waals surface area contributed by atoms with Crippen LogP contribution in [0.1, 0.15) is 40.3 Å². The topological polar surface area (TPSA) is 43.9 Å². The van der Waals surface area contributed by atoms with Gasteiger partial charge in [0, 0.05) is 54.9 Å². The third-order valence-corrected chi connectivity index (χ3v) is 8.92. The first-order valence-corrected chi connectivity index (χ1v) is 13.9. The maximum Gasteiger partial charge on any atom is 0.228 e. The summed E-state index contributed by atoms with van der Waals surface area (Å²) in [6.45, 7) is 5.21. The van der Waals surface area contributed by atoms with Crippen molar-refractivity contribution in [3.05, 3.63) is 79.9 Å². The zero-order valence-corrected chi connectivity index (χ0v) is 21.5. The molecule has 2 aromatic heterocycles. The average Bonchev–Trinajstić information content (AvgIpc) is 3.54. The van der Waals surface area contributed by atoms with E-state index >= 15 is 0 Å². The van der Waals surface area contributed by atoms with E-state index in [1.54, 1.807) is 34.8 Å². The van der Waals surface area contributed by atoms with Crippen LogP contribution in [0.25, 0.3) is 0 Å². The normalized spacial score (nSPS) is 20.6. The summed E-state index contributed by atoms with van der Waals surface area (Å²) in [7, 11) is 0. The van der Waals surface area contributed by atoms with Gasteiger partial charge in [-0.1, -0.05) is 18.2 Å². The second kappa shape index (κ2) is 10.6. The van der Waals surface area contributed by atoms with E-state index < -0.39 is 0 Å². The molecule has 5 nitrogen and oxygen atoms in total. The minimum absolute atomic E-state index is 0.00329. The molecule has 8 heteroatoms. The van der Waals surface area contributed by atoms with Crippen LogP contribution in [0.4, 0.5) is 4.39 Å². The number of benzene rings is 1. The van der Waals surface area contributed by atoms with E-state index in [0.717, 1.165) is 23.4 Å². The number of nitrogens with zero attached hydrogens (tertiary/aromatic N) is 3. The number of piperazine rings is 1. The Hall–Kier alpha value is -2.55. The summed E-state index contributed by atoms with van der Waals surface area (Å²) < 4.78 is 14.0. The van der Waals surface area contributed by atoms with Gasteiger partial charge in [-0.2, -0.15) is 0 Å². The highest BCUT2D eigenvalue weighted by molar-refractivity contribution is 7.10. The Kier molecular flexibility index (Phi) is 7.32. The average molecular weight is 512 g/mol. The van der Waals surface area contributed by atoms with E-state index in [1.807, 2.05) is 40.3 Å². The molecule has 1 aromatic carbocycles. The monoisotopic (exact) mass is 511 g/mol. The number of halogens is 1. The highest BCUT2D eigenvalue weighted by Gasteiger charge is 2.32. The quantitative estimate of drug-likeness (QED) is 0.486. The molecule has 4 heterocycles. The van der Waals surface area contributed by atoms with Crippen molar-refractivity contribution in [3.63, 3.8) is 0 Å². The molecule has 0 N–H and O–H groups in total. The maximum atomic E-state index is 14.0. The van der Waals surface area contributed by atoms with Gasteiger partial charge in [0.25, 0.3) is 0 Å². The van der Waals surface area contributed by atoms with Crippen LogP contribution in [0.5, 0.6) is 0 Å². The maximum absolute atomic E-state index is 14.0. The first-order chi connectivity index (χ1) is 17.0. The minimum atomic E-state index is -0.235. The molecular formula is C27H30FN3O2S2. The highest BCUT2D eigenvalue weighted by atomic mass is 32.1. The molecule has 0 radical (unpaired) electrons. The Labute approximate surface area is 213 Å². The molecule has 184 valence electrons. The van der Waals surface area contributed by atoms with Crippen LogP contribution in [0.3, 0.4) is 0 Å². The zero-order valence-electron chi connectivity index (χ0n) is 19.9. The molecule has 3 aromatic rings. The molecule has 0 spiro atoms. The first kappa shape index (κ1) is 24.2. The van der Waals surface area contributed by atoms with E-state index in [1.165, 1.54) is 16.5 Å². The number of fused-ring (bicyclic) bond motifs is 1. The van der Waals surface area contributed by atoms with Crippen LogP contribution >= 0.6 is 22.7 Å². The van der Waals surface area contributed by atoms with Crippen LogP contribution in [0, 0.1) is 5.82 Å². The summed E-state index contributed by atoms with van der Waals surface area (Å²) in [4.78, 5) is 34.4. The number of rotatable bonds is 6. The number of hydrogen-bond acceptors (Lipinski definition) is 5. The molecule has 1 fully saturated rings. The van der Waals surface area contributed by atoms with Crippen LogP contribution in [0.2, 0.25) is 0 Å². The van der Waals surface area contributed by atoms with Gasteiger partial charge in [-0.15, -0.1) is 22.7 Å². The van der Waals surface area contributed by atoms with Gasteiger partial charge in [-0.05, 0) is 59.5 Å². The molecule has 1 saturated heterocycles. The van der Waals surface area contributed by atoms with Crippen molar-refractivity contribution >= 4 is 34.5 Å². The Balaban J connectivity index is 1.20. The SMILES string of the molecule is C[C@H]1CN(C(=O)CCN2CCc3sccc3[C@H]2c2cccc(F)c2)CCN1C(=O)Cc1cccs1. The Morgan fingerprint density at radius 2 is 1.91 bits per heavy atom. The van der Waals surface area contributed by atoms with Crippen LogP contribution in [-0.2, 0) is 22.4 Å². The number of amides is 2. The van der Waals surface area contributed by atoms with Crippen LogP contribution in [-0.4, -0.2) is 65.3 Å². The summed E-state index contributed by atoms with van der Waals surface area (Å²) in [6.07, 6.45) is 1.80. The summed E-state index contributed by atoms with van der Waals surface area (Å²) in [5.74, 6) is 0.0162. The van der Waals surface area contributed by atoms with Gasteiger partial charge in [0.2, 0.25) is 11.8 Å². The van der Waals surface area contributed by atoms with Crippen molar-refractivity contribution in [2.45, 2.75) is 38.3 Å². The number of carbonyl (C=O) groups excluding carboxylic acids is 2. The summed E-state index contributed by atoms with van der Waals surface area (Å²) in [6, 6.07) is 12.9. The lowest BCUT2D eigenvalue weighted by Crippen LogP contribution is -2.56. The predicted octanol–water partition coefficient (Wildman–Crippen LogP) is 4.59. The number of thiophene rings is 2. The molecule has 0 unspecified atom stereocenters. The summed E-state index contributed by atoms with van der Waals surface area (Å²) >= 11 is 3.35. The second-order valence-electron chi connectivity index (χ2n) is 9.32. The van der Waals surface area contributed by atoms with Gasteiger partial charge in [0.1, 0.15) is 5.82 Å². The molecule has 2 aliphatic rings. The lowest BCUT2D eigenvalue weighted by Gasteiger charge is -2.41. The molecule has 35 heavy (non-hydrogen) atoms. The minimum Gasteiger partial charge on any atom is -0.339 e. The molecule has 0 saturated carbocycles. The Morgan fingerprint density at radius 1 is 1.03 bits per heavy atom. The van der Waals surface area contributed by atoms with Crippen molar-refractivity contribution in [3.8, 4) is 0 Å². The van der Waals surface area contributed by atoms with E-state index in [4.69, 9.17) is 0 Å². The molecular weight excluding hydrogens is 481 g/mol. The van der Waals surface area contributed by atoms with Crippen molar-refractivity contribution in [2.24, 2.45) is 0 Å². The van der Waals surface area contributed by atoms with Crippen LogP contribution < -0.4 is 0 Å². The lowest BCUT2D eigenvalue weighted by molar-refractivity contribution is -0.142. The van der Waals surface area contributed by atoms with Crippen molar-refractivity contribution in [1.29, 1.82) is 0 Å². The fourth-order valence-electron chi connectivity index (χ4n) is 5.29. The molecule has 2 atom stereocenters. The van der Waals surface area contributed by atoms with Gasteiger partial charge >= 0.3 is 0 Å². The Morgan fingerprint density at radius 3 is 2.69 bits per heavy atom. The molecule has 2 aliphatic heterocycles. The van der Waals surface area contributed by atoms with E-state index in [2.05, 4.69) is 16.3 Å².